The van der Waals surface area contributed by atoms with E-state index in [1.54, 1.807) is 0 Å². The van der Waals surface area contributed by atoms with Gasteiger partial charge in [-0.2, -0.15) is 0 Å². The second-order valence-electron chi connectivity index (χ2n) is 10.6. The molecule has 0 atom stereocenters. The van der Waals surface area contributed by atoms with Crippen LogP contribution in [0.25, 0.3) is 44.8 Å². The molecular weight excluding hydrogens is 528 g/mol. The number of anilines is 1. The first kappa shape index (κ1) is 29.9. The van der Waals surface area contributed by atoms with E-state index in [0.29, 0.717) is 13.2 Å². The average Bonchev–Trinajstić information content (AvgIpc) is 3.05. The largest absolute Gasteiger partial charge is 0.493 e. The van der Waals surface area contributed by atoms with E-state index in [4.69, 9.17) is 14.5 Å². The number of pyridine rings is 1. The minimum Gasteiger partial charge on any atom is -0.493 e. The first-order valence-electron chi connectivity index (χ1n) is 15.6. The highest BCUT2D eigenvalue weighted by Crippen LogP contribution is 2.41. The van der Waals surface area contributed by atoms with Crippen molar-refractivity contribution in [3.63, 3.8) is 0 Å². The van der Waals surface area contributed by atoms with Gasteiger partial charge in [0.15, 0.2) is 0 Å². The van der Waals surface area contributed by atoms with Gasteiger partial charge in [-0.3, -0.25) is 0 Å². The van der Waals surface area contributed by atoms with Crippen molar-refractivity contribution >= 4 is 5.69 Å². The minimum atomic E-state index is 0.585. The monoisotopic (exact) mass is 570 g/mol. The average molecular weight is 571 g/mol. The molecule has 5 aromatic rings. The Morgan fingerprint density at radius 3 is 1.58 bits per heavy atom. The maximum absolute atomic E-state index is 6.07. The molecule has 220 valence electrons. The van der Waals surface area contributed by atoms with Gasteiger partial charge in [-0.15, -0.1) is 0 Å². The molecule has 4 nitrogen and oxygen atoms in total. The fourth-order valence-electron chi connectivity index (χ4n) is 5.63. The molecule has 0 spiro atoms. The molecule has 0 saturated heterocycles. The maximum Gasteiger partial charge on any atom is 0.128 e. The van der Waals surface area contributed by atoms with Crippen LogP contribution in [-0.2, 0) is 0 Å². The predicted molar refractivity (Wildman–Crippen MR) is 181 cm³/mol. The number of rotatable bonds is 13. The molecule has 5 rings (SSSR count). The number of ether oxygens (including phenoxy) is 2. The lowest BCUT2D eigenvalue weighted by atomic mass is 9.92. The highest BCUT2D eigenvalue weighted by atomic mass is 16.5. The summed E-state index contributed by atoms with van der Waals surface area (Å²) in [6.07, 6.45) is 2.20. The Bertz CT molecular complexity index is 1560. The van der Waals surface area contributed by atoms with Crippen LogP contribution in [0.15, 0.2) is 109 Å². The standard InChI is InChI=1S/C39H42N2O2/c1-5-24-41(25-6-2)31-22-23-32(29-16-10-9-11-17-29)35(28-31)30-26-36(33-18-12-14-20-38(33)42-7-3)40-37(27-30)34-19-13-15-21-39(34)43-8-4/h9-23,26-28H,5-8,24-25H2,1-4H3. The fraction of sp³-hybridized carbons (Fsp3) is 0.256. The Balaban J connectivity index is 1.79. The molecule has 0 amide bonds. The Morgan fingerprint density at radius 2 is 1.05 bits per heavy atom. The van der Waals surface area contributed by atoms with Crippen molar-refractivity contribution in [2.75, 3.05) is 31.2 Å². The van der Waals surface area contributed by atoms with Crippen molar-refractivity contribution in [2.24, 2.45) is 0 Å². The molecule has 0 aliphatic carbocycles. The van der Waals surface area contributed by atoms with Gasteiger partial charge in [0.1, 0.15) is 11.5 Å². The lowest BCUT2D eigenvalue weighted by molar-refractivity contribution is 0.341. The van der Waals surface area contributed by atoms with E-state index in [9.17, 15) is 0 Å². The summed E-state index contributed by atoms with van der Waals surface area (Å²) in [5, 5.41) is 0. The Labute approximate surface area is 257 Å². The van der Waals surface area contributed by atoms with Crippen molar-refractivity contribution in [1.82, 2.24) is 4.98 Å². The van der Waals surface area contributed by atoms with E-state index in [0.717, 1.165) is 65.5 Å². The molecule has 0 N–H and O–H groups in total. The lowest BCUT2D eigenvalue weighted by Crippen LogP contribution is -2.24. The third-order valence-electron chi connectivity index (χ3n) is 7.50. The molecule has 0 aliphatic heterocycles. The van der Waals surface area contributed by atoms with Crippen LogP contribution in [-0.4, -0.2) is 31.3 Å². The van der Waals surface area contributed by atoms with Crippen molar-refractivity contribution in [3.8, 4) is 56.3 Å². The smallest absolute Gasteiger partial charge is 0.128 e. The number of hydrogen-bond acceptors (Lipinski definition) is 4. The third-order valence-corrected chi connectivity index (χ3v) is 7.50. The number of para-hydroxylation sites is 2. The summed E-state index contributed by atoms with van der Waals surface area (Å²) in [6, 6.07) is 38.3. The van der Waals surface area contributed by atoms with E-state index >= 15 is 0 Å². The highest BCUT2D eigenvalue weighted by Gasteiger charge is 2.18. The van der Waals surface area contributed by atoms with Crippen LogP contribution in [0.4, 0.5) is 5.69 Å². The predicted octanol–water partition coefficient (Wildman–Crippen LogP) is 10.2. The maximum atomic E-state index is 6.07. The summed E-state index contributed by atoms with van der Waals surface area (Å²) in [5.41, 5.74) is 9.57. The summed E-state index contributed by atoms with van der Waals surface area (Å²) in [6.45, 7) is 11.7. The van der Waals surface area contributed by atoms with Gasteiger partial charge in [0.05, 0.1) is 24.6 Å². The fourth-order valence-corrected chi connectivity index (χ4v) is 5.63. The topological polar surface area (TPSA) is 34.6 Å². The molecule has 1 aromatic heterocycles. The van der Waals surface area contributed by atoms with Crippen LogP contribution >= 0.6 is 0 Å². The van der Waals surface area contributed by atoms with Gasteiger partial charge in [0.25, 0.3) is 0 Å². The molecule has 43 heavy (non-hydrogen) atoms. The van der Waals surface area contributed by atoms with Gasteiger partial charge in [-0.25, -0.2) is 4.98 Å². The lowest BCUT2D eigenvalue weighted by Gasteiger charge is -2.25. The van der Waals surface area contributed by atoms with Crippen LogP contribution in [0.2, 0.25) is 0 Å². The summed E-state index contributed by atoms with van der Waals surface area (Å²) in [7, 11) is 0. The second kappa shape index (κ2) is 14.6. The minimum absolute atomic E-state index is 0.585. The first-order chi connectivity index (χ1) is 21.2. The van der Waals surface area contributed by atoms with Gasteiger partial charge >= 0.3 is 0 Å². The van der Waals surface area contributed by atoms with Crippen LogP contribution < -0.4 is 14.4 Å². The summed E-state index contributed by atoms with van der Waals surface area (Å²) < 4.78 is 12.1. The molecule has 0 radical (unpaired) electrons. The molecule has 4 heteroatoms. The SMILES string of the molecule is CCCN(CCC)c1ccc(-c2ccccc2)c(-c2cc(-c3ccccc3OCC)nc(-c3ccccc3OCC)c2)c1. The Kier molecular flexibility index (Phi) is 10.1. The van der Waals surface area contributed by atoms with E-state index in [2.05, 4.69) is 91.5 Å². The van der Waals surface area contributed by atoms with Crippen molar-refractivity contribution in [1.29, 1.82) is 0 Å². The number of nitrogens with zero attached hydrogens (tertiary/aromatic N) is 2. The molecule has 0 unspecified atom stereocenters. The first-order valence-corrected chi connectivity index (χ1v) is 15.6. The Morgan fingerprint density at radius 1 is 0.512 bits per heavy atom. The molecular formula is C39H42N2O2. The van der Waals surface area contributed by atoms with Gasteiger partial charge < -0.3 is 14.4 Å². The van der Waals surface area contributed by atoms with Crippen molar-refractivity contribution < 1.29 is 9.47 Å². The number of benzene rings is 4. The van der Waals surface area contributed by atoms with Crippen LogP contribution in [0.1, 0.15) is 40.5 Å². The zero-order valence-corrected chi connectivity index (χ0v) is 25.8. The molecule has 0 fully saturated rings. The molecule has 4 aromatic carbocycles. The zero-order chi connectivity index (χ0) is 30.0. The van der Waals surface area contributed by atoms with Crippen LogP contribution in [0, 0.1) is 0 Å². The van der Waals surface area contributed by atoms with Crippen LogP contribution in [0.3, 0.4) is 0 Å². The van der Waals surface area contributed by atoms with Gasteiger partial charge in [-0.1, -0.05) is 74.5 Å². The second-order valence-corrected chi connectivity index (χ2v) is 10.6. The number of hydrogen-bond donors (Lipinski definition) is 0. The Hall–Kier alpha value is -4.57. The quantitative estimate of drug-likeness (QED) is 0.141. The zero-order valence-electron chi connectivity index (χ0n) is 25.8. The molecule has 1 heterocycles. The summed E-state index contributed by atoms with van der Waals surface area (Å²) in [5.74, 6) is 1.65. The van der Waals surface area contributed by atoms with E-state index in [1.165, 1.54) is 22.4 Å². The summed E-state index contributed by atoms with van der Waals surface area (Å²) >= 11 is 0. The van der Waals surface area contributed by atoms with E-state index in [-0.39, 0.29) is 0 Å². The van der Waals surface area contributed by atoms with E-state index < -0.39 is 0 Å². The highest BCUT2D eigenvalue weighted by molar-refractivity contribution is 5.89. The normalized spacial score (nSPS) is 10.9. The third kappa shape index (κ3) is 6.91. The van der Waals surface area contributed by atoms with Gasteiger partial charge in [-0.05, 0) is 97.5 Å². The molecule has 0 bridgehead atoms. The van der Waals surface area contributed by atoms with Crippen LogP contribution in [0.5, 0.6) is 11.5 Å². The van der Waals surface area contributed by atoms with Gasteiger partial charge in [0, 0.05) is 29.9 Å². The molecule has 0 aliphatic rings. The summed E-state index contributed by atoms with van der Waals surface area (Å²) in [4.78, 5) is 7.73. The van der Waals surface area contributed by atoms with Gasteiger partial charge in [0.2, 0.25) is 0 Å². The number of aromatic nitrogens is 1. The van der Waals surface area contributed by atoms with Crippen molar-refractivity contribution in [2.45, 2.75) is 40.5 Å². The van der Waals surface area contributed by atoms with E-state index in [1.807, 2.05) is 50.2 Å². The van der Waals surface area contributed by atoms with Crippen molar-refractivity contribution in [3.05, 3.63) is 109 Å². The molecule has 0 saturated carbocycles.